The average molecular weight is 843 g/mol. The van der Waals surface area contributed by atoms with Crippen LogP contribution in [0.5, 0.6) is 11.8 Å². The molecule has 0 atom stereocenters. The molecule has 0 aliphatic rings. The van der Waals surface area contributed by atoms with Gasteiger partial charge in [0.25, 0.3) is 11.1 Å². The zero-order valence-corrected chi connectivity index (χ0v) is 37.8. The van der Waals surface area contributed by atoms with Crippen LogP contribution in [0.1, 0.15) is 142 Å². The Labute approximate surface area is 367 Å². The number of hydrogen-bond acceptors (Lipinski definition) is 8. The van der Waals surface area contributed by atoms with Gasteiger partial charge in [0.1, 0.15) is 0 Å². The molecule has 4 N–H and O–H groups in total. The lowest BCUT2D eigenvalue weighted by Gasteiger charge is -2.25. The molecule has 0 aliphatic carbocycles. The Morgan fingerprint density at radius 1 is 0.452 bits per heavy atom. The summed E-state index contributed by atoms with van der Waals surface area (Å²) in [6.45, 7) is 11.1. The van der Waals surface area contributed by atoms with Crippen LogP contribution in [0, 0.1) is 0 Å². The fourth-order valence-corrected chi connectivity index (χ4v) is 8.80. The number of pyridine rings is 2. The van der Waals surface area contributed by atoms with E-state index < -0.39 is 5.56 Å². The van der Waals surface area contributed by atoms with Crippen molar-refractivity contribution in [3.05, 3.63) is 103 Å². The molecule has 10 nitrogen and oxygen atoms in total. The summed E-state index contributed by atoms with van der Waals surface area (Å²) < 4.78 is 2.91. The van der Waals surface area contributed by atoms with Gasteiger partial charge in [-0.2, -0.15) is 0 Å². The molecule has 0 saturated carbocycles. The summed E-state index contributed by atoms with van der Waals surface area (Å²) >= 11 is 0. The largest absolute Gasteiger partial charge is 0.494 e. The lowest BCUT2D eigenvalue weighted by molar-refractivity contribution is 0.421. The second kappa shape index (κ2) is 23.2. The lowest BCUT2D eigenvalue weighted by atomic mass is 9.91. The molecule has 0 saturated heterocycles. The molecule has 2 aromatic heterocycles. The molecule has 0 fully saturated rings. The highest BCUT2D eigenvalue weighted by Crippen LogP contribution is 2.46. The number of nitrogens with zero attached hydrogens (tertiary/aromatic N) is 4. The highest BCUT2D eigenvalue weighted by Gasteiger charge is 2.31. The Balaban J connectivity index is 1.83. The van der Waals surface area contributed by atoms with Gasteiger partial charge in [0.05, 0.1) is 56.7 Å². The Morgan fingerprint density at radius 3 is 1.31 bits per heavy atom. The van der Waals surface area contributed by atoms with E-state index in [1.807, 2.05) is 60.7 Å². The molecule has 0 amide bonds. The molecule has 0 bridgehead atoms. The van der Waals surface area contributed by atoms with Crippen LogP contribution >= 0.6 is 0 Å². The van der Waals surface area contributed by atoms with Gasteiger partial charge in [-0.05, 0) is 36.8 Å². The van der Waals surface area contributed by atoms with E-state index in [0.29, 0.717) is 80.6 Å². The van der Waals surface area contributed by atoms with E-state index in [4.69, 9.17) is 9.98 Å². The molecule has 0 aliphatic heterocycles. The molecule has 0 spiro atoms. The molecule has 0 unspecified atom stereocenters. The van der Waals surface area contributed by atoms with Gasteiger partial charge in [0, 0.05) is 37.0 Å². The topological polar surface area (TPSA) is 133 Å². The van der Waals surface area contributed by atoms with Crippen LogP contribution in [-0.2, 0) is 13.1 Å². The highest BCUT2D eigenvalue weighted by atomic mass is 16.3. The molecular formula is C52H70N6O4. The minimum atomic E-state index is -0.404. The summed E-state index contributed by atoms with van der Waals surface area (Å²) in [5.74, 6) is -0.405. The van der Waals surface area contributed by atoms with Crippen molar-refractivity contribution in [1.82, 2.24) is 9.13 Å². The number of aromatic hydroxyl groups is 2. The van der Waals surface area contributed by atoms with Crippen LogP contribution in [0.3, 0.4) is 0 Å². The summed E-state index contributed by atoms with van der Waals surface area (Å²) in [4.78, 5) is 41.3. The van der Waals surface area contributed by atoms with Crippen molar-refractivity contribution < 1.29 is 10.2 Å². The van der Waals surface area contributed by atoms with Crippen molar-refractivity contribution in [2.75, 3.05) is 36.8 Å². The van der Waals surface area contributed by atoms with Crippen molar-refractivity contribution >= 4 is 43.7 Å². The Kier molecular flexibility index (Phi) is 17.2. The van der Waals surface area contributed by atoms with Crippen molar-refractivity contribution in [1.29, 1.82) is 0 Å². The minimum absolute atomic E-state index is 0.131. The van der Waals surface area contributed by atoms with E-state index in [0.717, 1.165) is 114 Å². The second-order valence-corrected chi connectivity index (χ2v) is 17.0. The number of unbranched alkanes of at least 4 members (excludes halogenated alkanes) is 12. The average Bonchev–Trinajstić information content (AvgIpc) is 3.28. The van der Waals surface area contributed by atoms with Gasteiger partial charge in [-0.3, -0.25) is 28.7 Å². The molecule has 332 valence electrons. The smallest absolute Gasteiger partial charge is 0.263 e. The van der Waals surface area contributed by atoms with Crippen LogP contribution < -0.4 is 32.5 Å². The summed E-state index contributed by atoms with van der Waals surface area (Å²) in [5, 5.41) is 36.0. The van der Waals surface area contributed by atoms with Crippen molar-refractivity contribution in [2.24, 2.45) is 9.98 Å². The number of anilines is 2. The maximum absolute atomic E-state index is 15.4. The standard InChI is InChI=1S/C52H70N6O4/c1-5-9-13-23-31-53-45-41-39-40-42(46(45)54-32-24-14-10-6-2)50(60)58(36-38-29-21-18-22-30-38)52(62)44(40)48(56-34-26-16-12-8-4)47(55-33-25-15-11-7-3)43(39)51(61)57(49(41)59)35-37-27-19-17-20-28-37/h17-22,27-30,53-54,59,62H,5-16,23-26,31-36H2,1-4H3. The number of hydrogen-bond donors (Lipinski definition) is 4. The molecule has 62 heavy (non-hydrogen) atoms. The zero-order valence-electron chi connectivity index (χ0n) is 37.8. The third-order valence-corrected chi connectivity index (χ3v) is 12.2. The summed E-state index contributed by atoms with van der Waals surface area (Å²) in [5.41, 5.74) is 2.10. The van der Waals surface area contributed by atoms with E-state index in [-0.39, 0.29) is 30.4 Å². The first-order valence-electron chi connectivity index (χ1n) is 23.8. The van der Waals surface area contributed by atoms with E-state index >= 15 is 9.59 Å². The Morgan fingerprint density at radius 2 is 0.839 bits per heavy atom. The van der Waals surface area contributed by atoms with E-state index in [1.165, 1.54) is 9.13 Å². The Bertz CT molecular complexity index is 2560. The van der Waals surface area contributed by atoms with Gasteiger partial charge in [-0.15, -0.1) is 0 Å². The maximum Gasteiger partial charge on any atom is 0.263 e. The van der Waals surface area contributed by atoms with E-state index in [2.05, 4.69) is 38.3 Å². The maximum atomic E-state index is 15.4. The first-order chi connectivity index (χ1) is 30.4. The predicted molar refractivity (Wildman–Crippen MR) is 259 cm³/mol. The number of aromatic nitrogens is 2. The van der Waals surface area contributed by atoms with Crippen LogP contribution in [0.15, 0.2) is 80.2 Å². The van der Waals surface area contributed by atoms with Gasteiger partial charge in [-0.1, -0.05) is 165 Å². The van der Waals surface area contributed by atoms with Crippen LogP contribution in [0.2, 0.25) is 0 Å². The molecular weight excluding hydrogens is 773 g/mol. The number of benzene rings is 4. The second-order valence-electron chi connectivity index (χ2n) is 17.0. The minimum Gasteiger partial charge on any atom is -0.494 e. The molecule has 2 heterocycles. The van der Waals surface area contributed by atoms with Crippen LogP contribution in [-0.4, -0.2) is 45.5 Å². The SMILES string of the molecule is CCCCCCN=c1c(=NCCCCCC)c2c(=O)n(Cc3ccccc3)c(O)c3c(NCCCCCC)c(NCCCCCC)c4c(=O)n(Cc5ccccc5)c(O)c1c4c32. The summed E-state index contributed by atoms with van der Waals surface area (Å²) in [6, 6.07) is 19.4. The number of nitrogens with one attached hydrogen (secondary N) is 2. The predicted octanol–water partition coefficient (Wildman–Crippen LogP) is 10.8. The first kappa shape index (κ1) is 46.1. The van der Waals surface area contributed by atoms with Crippen molar-refractivity contribution in [2.45, 2.75) is 144 Å². The number of rotatable bonds is 26. The van der Waals surface area contributed by atoms with E-state index in [1.54, 1.807) is 0 Å². The molecule has 0 radical (unpaired) electrons. The first-order valence-corrected chi connectivity index (χ1v) is 23.8. The third-order valence-electron chi connectivity index (χ3n) is 12.2. The van der Waals surface area contributed by atoms with Gasteiger partial charge >= 0.3 is 0 Å². The van der Waals surface area contributed by atoms with Gasteiger partial charge in [0.2, 0.25) is 11.8 Å². The summed E-state index contributed by atoms with van der Waals surface area (Å²) in [6.07, 6.45) is 16.2. The molecule has 10 heteroatoms. The highest BCUT2D eigenvalue weighted by molar-refractivity contribution is 6.31. The molecule has 6 rings (SSSR count). The zero-order chi connectivity index (χ0) is 43.8. The van der Waals surface area contributed by atoms with Crippen molar-refractivity contribution in [3.63, 3.8) is 0 Å². The normalized spacial score (nSPS) is 12.5. The summed E-state index contributed by atoms with van der Waals surface area (Å²) in [7, 11) is 0. The third kappa shape index (κ3) is 10.4. The fourth-order valence-electron chi connectivity index (χ4n) is 8.80. The molecule has 4 aromatic carbocycles. The van der Waals surface area contributed by atoms with Crippen LogP contribution in [0.4, 0.5) is 11.4 Å². The molecule has 6 aromatic rings. The lowest BCUT2D eigenvalue weighted by Crippen LogP contribution is -2.37. The van der Waals surface area contributed by atoms with Gasteiger partial charge in [0.15, 0.2) is 0 Å². The quantitative estimate of drug-likeness (QED) is 0.0317. The van der Waals surface area contributed by atoms with E-state index in [9.17, 15) is 10.2 Å². The van der Waals surface area contributed by atoms with Crippen molar-refractivity contribution in [3.8, 4) is 11.8 Å². The van der Waals surface area contributed by atoms with Crippen LogP contribution in [0.25, 0.3) is 32.3 Å². The fraction of sp³-hybridized carbons (Fsp3) is 0.500. The Hall–Kier alpha value is -5.38. The van der Waals surface area contributed by atoms with Gasteiger partial charge in [-0.25, -0.2) is 0 Å². The monoisotopic (exact) mass is 843 g/mol. The van der Waals surface area contributed by atoms with Gasteiger partial charge < -0.3 is 20.8 Å².